The Morgan fingerprint density at radius 2 is 2.39 bits per heavy atom. The second kappa shape index (κ2) is 6.17. The molecule has 1 fully saturated rings. The molecular formula is C11H18N5O6P. The molecule has 0 bridgehead atoms. The summed E-state index contributed by atoms with van der Waals surface area (Å²) in [6, 6.07) is -0.646. The molecule has 1 amide bonds. The Morgan fingerprint density at radius 3 is 3.13 bits per heavy atom. The number of hydrogen-bond acceptors (Lipinski definition) is 9. The van der Waals surface area contributed by atoms with Crippen LogP contribution >= 0.6 is 7.82 Å². The predicted octanol–water partition coefficient (Wildman–Crippen LogP) is -1.26. The average Bonchev–Trinajstić information content (AvgIpc) is 3.11. The number of phosphoric acid groups is 1. The minimum atomic E-state index is -4.02. The summed E-state index contributed by atoms with van der Waals surface area (Å²) in [5, 5.41) is 2.43. The minimum absolute atomic E-state index is 0.0472. The summed E-state index contributed by atoms with van der Waals surface area (Å²) >= 11 is 0. The van der Waals surface area contributed by atoms with Gasteiger partial charge in [0.25, 0.3) is 5.91 Å². The van der Waals surface area contributed by atoms with Gasteiger partial charge in [-0.15, -0.1) is 0 Å². The molecule has 11 nitrogen and oxygen atoms in total. The van der Waals surface area contributed by atoms with Gasteiger partial charge < -0.3 is 20.3 Å². The first kappa shape index (κ1) is 16.3. The van der Waals surface area contributed by atoms with Gasteiger partial charge in [-0.05, 0) is 12.8 Å². The number of nitrogens with one attached hydrogen (secondary N) is 1. The number of guanidine groups is 1. The van der Waals surface area contributed by atoms with Crippen molar-refractivity contribution in [3.05, 3.63) is 0 Å². The van der Waals surface area contributed by atoms with Crippen molar-refractivity contribution in [1.29, 1.82) is 0 Å². The summed E-state index contributed by atoms with van der Waals surface area (Å²) in [7, 11) is -2.93. The Morgan fingerprint density at radius 1 is 1.61 bits per heavy atom. The molecule has 0 radical (unpaired) electrons. The van der Waals surface area contributed by atoms with E-state index in [1.807, 2.05) is 0 Å². The number of nitrogens with zero attached hydrogens (tertiary/aromatic N) is 3. The normalized spacial score (nSPS) is 35.7. The van der Waals surface area contributed by atoms with E-state index in [2.05, 4.69) is 19.8 Å². The number of aliphatic imine (C=N–C) groups is 2. The van der Waals surface area contributed by atoms with Crippen molar-refractivity contribution in [3.63, 3.8) is 0 Å². The lowest BCUT2D eigenvalue weighted by Gasteiger charge is -2.31. The van der Waals surface area contributed by atoms with Crippen molar-refractivity contribution in [3.8, 4) is 0 Å². The third-order valence-corrected chi connectivity index (χ3v) is 4.75. The van der Waals surface area contributed by atoms with E-state index in [0.717, 1.165) is 7.11 Å². The third kappa shape index (κ3) is 3.38. The number of rotatable bonds is 5. The molecule has 3 aliphatic heterocycles. The smallest absolute Gasteiger partial charge is 0.370 e. The van der Waals surface area contributed by atoms with E-state index in [-0.39, 0.29) is 30.8 Å². The molecule has 0 aromatic heterocycles. The highest BCUT2D eigenvalue weighted by Crippen LogP contribution is 2.42. The van der Waals surface area contributed by atoms with Crippen LogP contribution in [0.3, 0.4) is 0 Å². The first-order valence-corrected chi connectivity index (χ1v) is 8.52. The number of carbonyl (C=O) groups is 1. The quantitative estimate of drug-likeness (QED) is 0.522. The fourth-order valence-electron chi connectivity index (χ4n) is 2.68. The highest BCUT2D eigenvalue weighted by Gasteiger charge is 2.44. The first-order chi connectivity index (χ1) is 10.9. The number of fused-ring (bicyclic) bond motifs is 1. The summed E-state index contributed by atoms with van der Waals surface area (Å²) in [4.78, 5) is 31.1. The van der Waals surface area contributed by atoms with Gasteiger partial charge in [-0.2, -0.15) is 0 Å². The van der Waals surface area contributed by atoms with Crippen molar-refractivity contribution in [2.24, 2.45) is 15.7 Å². The van der Waals surface area contributed by atoms with Crippen molar-refractivity contribution >= 4 is 26.0 Å². The van der Waals surface area contributed by atoms with Crippen molar-refractivity contribution in [2.45, 2.75) is 37.4 Å². The molecule has 5 atom stereocenters. The van der Waals surface area contributed by atoms with Crippen LogP contribution in [0.4, 0.5) is 0 Å². The number of phosphoric ester groups is 1. The van der Waals surface area contributed by atoms with Gasteiger partial charge in [0.1, 0.15) is 6.23 Å². The fourth-order valence-corrected chi connectivity index (χ4v) is 3.14. The second-order valence-corrected chi connectivity index (χ2v) is 6.87. The van der Waals surface area contributed by atoms with E-state index in [1.165, 1.54) is 6.34 Å². The van der Waals surface area contributed by atoms with E-state index in [9.17, 15) is 14.3 Å². The second-order valence-electron chi connectivity index (χ2n) is 5.31. The van der Waals surface area contributed by atoms with Crippen LogP contribution in [0.1, 0.15) is 12.8 Å². The molecule has 4 N–H and O–H groups in total. The van der Waals surface area contributed by atoms with E-state index >= 15 is 0 Å². The largest absolute Gasteiger partial charge is 0.472 e. The van der Waals surface area contributed by atoms with Crippen molar-refractivity contribution < 1.29 is 28.0 Å². The average molecular weight is 347 g/mol. The van der Waals surface area contributed by atoms with Crippen molar-refractivity contribution in [2.75, 3.05) is 13.7 Å². The molecule has 0 saturated carbocycles. The number of ether oxygens (including phenoxy) is 1. The van der Waals surface area contributed by atoms with E-state index < -0.39 is 20.0 Å². The van der Waals surface area contributed by atoms with Gasteiger partial charge in [-0.1, -0.05) is 0 Å². The predicted molar refractivity (Wildman–Crippen MR) is 78.4 cm³/mol. The fraction of sp³-hybridized carbons (Fsp3) is 0.727. The number of nitrogens with two attached hydrogens (primary N) is 1. The van der Waals surface area contributed by atoms with Gasteiger partial charge in [-0.25, -0.2) is 9.56 Å². The molecule has 0 spiro atoms. The molecule has 3 heterocycles. The number of carbonyl (C=O) groups excluding carboxylic acids is 1. The highest BCUT2D eigenvalue weighted by atomic mass is 31.2. The summed E-state index contributed by atoms with van der Waals surface area (Å²) in [6.45, 7) is -0.0664. The van der Waals surface area contributed by atoms with Crippen LogP contribution in [0.15, 0.2) is 9.98 Å². The SMILES string of the molecule is COP(=O)(O)OC[C@@H]1CC[C@H](N2C=NC3C(=O)NC(N)=NC32)O1. The Labute approximate surface area is 132 Å². The van der Waals surface area contributed by atoms with Crippen LogP contribution < -0.4 is 11.1 Å². The zero-order valence-corrected chi connectivity index (χ0v) is 13.3. The van der Waals surface area contributed by atoms with Gasteiger partial charge in [0.05, 0.1) is 19.0 Å². The van der Waals surface area contributed by atoms with Crippen LogP contribution in [0, 0.1) is 0 Å². The Bertz CT molecular complexity index is 597. The molecular weight excluding hydrogens is 329 g/mol. The highest BCUT2D eigenvalue weighted by molar-refractivity contribution is 7.47. The lowest BCUT2D eigenvalue weighted by atomic mass is 10.2. The zero-order chi connectivity index (χ0) is 16.6. The third-order valence-electron chi connectivity index (χ3n) is 3.81. The molecule has 3 unspecified atom stereocenters. The monoisotopic (exact) mass is 347 g/mol. The van der Waals surface area contributed by atoms with Crippen LogP contribution in [0.25, 0.3) is 0 Å². The number of amides is 1. The molecule has 3 aliphatic rings. The maximum Gasteiger partial charge on any atom is 0.472 e. The van der Waals surface area contributed by atoms with E-state index in [4.69, 9.17) is 15.0 Å². The van der Waals surface area contributed by atoms with E-state index in [1.54, 1.807) is 4.90 Å². The molecule has 0 aliphatic carbocycles. The topological polar surface area (TPSA) is 148 Å². The zero-order valence-electron chi connectivity index (χ0n) is 12.4. The lowest BCUT2D eigenvalue weighted by molar-refractivity contribution is -0.123. The molecule has 3 rings (SSSR count). The van der Waals surface area contributed by atoms with Gasteiger partial charge in [0.2, 0.25) is 0 Å². The Kier molecular flexibility index (Phi) is 4.39. The Hall–Kier alpha value is -1.52. The molecule has 23 heavy (non-hydrogen) atoms. The molecule has 0 aromatic rings. The Balaban J connectivity index is 1.59. The van der Waals surface area contributed by atoms with Crippen LogP contribution in [0.2, 0.25) is 0 Å². The van der Waals surface area contributed by atoms with Gasteiger partial charge in [0, 0.05) is 7.11 Å². The van der Waals surface area contributed by atoms with Gasteiger partial charge in [-0.3, -0.25) is 24.2 Å². The first-order valence-electron chi connectivity index (χ1n) is 7.03. The summed E-state index contributed by atoms with van der Waals surface area (Å²) in [5.41, 5.74) is 5.58. The summed E-state index contributed by atoms with van der Waals surface area (Å²) in [6.07, 6.45) is 1.55. The van der Waals surface area contributed by atoms with Gasteiger partial charge in [0.15, 0.2) is 18.2 Å². The van der Waals surface area contributed by atoms with Gasteiger partial charge >= 0.3 is 7.82 Å². The van der Waals surface area contributed by atoms with Crippen LogP contribution in [-0.2, 0) is 23.1 Å². The lowest BCUT2D eigenvalue weighted by Crippen LogP contribution is -2.55. The van der Waals surface area contributed by atoms with Crippen LogP contribution in [-0.4, -0.2) is 66.3 Å². The molecule has 0 aromatic carbocycles. The number of hydrogen-bond donors (Lipinski definition) is 3. The molecule has 128 valence electrons. The minimum Gasteiger partial charge on any atom is -0.370 e. The standard InChI is InChI=1S/C11H18N5O6P/c1-20-23(18,19)21-4-6-2-3-7(22-6)16-5-13-8-9(16)14-11(12)15-10(8)17/h5-9H,2-4H2,1H3,(H,18,19)(H3,12,14,15,17)/t6-,7+,8?,9?/m0/s1. The van der Waals surface area contributed by atoms with Crippen LogP contribution in [0.5, 0.6) is 0 Å². The maximum absolute atomic E-state index is 11.8. The van der Waals surface area contributed by atoms with E-state index in [0.29, 0.717) is 12.8 Å². The summed E-state index contributed by atoms with van der Waals surface area (Å²) < 4.78 is 26.2. The summed E-state index contributed by atoms with van der Waals surface area (Å²) in [5.74, 6) is -0.258. The maximum atomic E-state index is 11.8. The molecule has 12 heteroatoms. The van der Waals surface area contributed by atoms with Crippen molar-refractivity contribution in [1.82, 2.24) is 10.2 Å². The molecule has 1 saturated heterocycles.